The molecule has 0 aromatic heterocycles. The summed E-state index contributed by atoms with van der Waals surface area (Å²) < 4.78 is 5.56. The van der Waals surface area contributed by atoms with Gasteiger partial charge in [-0.05, 0) is 25.2 Å². The van der Waals surface area contributed by atoms with Crippen LogP contribution >= 0.6 is 0 Å². The van der Waals surface area contributed by atoms with Crippen molar-refractivity contribution in [2.45, 2.75) is 69.7 Å². The number of rotatable bonds is 6. The molecule has 1 nitrogen and oxygen atoms in total. The first-order valence-corrected chi connectivity index (χ1v) is 8.55. The summed E-state index contributed by atoms with van der Waals surface area (Å²) in [5, 5.41) is 0. The normalized spacial score (nSPS) is 36.2. The zero-order valence-electron chi connectivity index (χ0n) is 9.50. The van der Waals surface area contributed by atoms with Crippen molar-refractivity contribution < 1.29 is 4.74 Å². The third-order valence-corrected chi connectivity index (χ3v) is 5.74. The maximum Gasteiger partial charge on any atom is 0.0844 e. The molecule has 1 saturated carbocycles. The Morgan fingerprint density at radius 1 is 1.21 bits per heavy atom. The molecule has 3 atom stereocenters. The van der Waals surface area contributed by atoms with E-state index in [2.05, 4.69) is 6.92 Å². The molecule has 0 spiro atoms. The number of hydrogen-bond acceptors (Lipinski definition) is 1. The summed E-state index contributed by atoms with van der Waals surface area (Å²) in [6.45, 7) is 2.31. The van der Waals surface area contributed by atoms with Gasteiger partial charge in [0.05, 0.1) is 12.2 Å². The highest BCUT2D eigenvalue weighted by Gasteiger charge is 2.43. The minimum absolute atomic E-state index is 0.311. The second-order valence-electron chi connectivity index (χ2n) is 5.09. The monoisotopic (exact) mass is 212 g/mol. The van der Waals surface area contributed by atoms with Crippen molar-refractivity contribution in [1.29, 1.82) is 0 Å². The van der Waals surface area contributed by atoms with Crippen LogP contribution in [0.25, 0.3) is 0 Å². The van der Waals surface area contributed by atoms with Gasteiger partial charge in [0.1, 0.15) is 0 Å². The lowest BCUT2D eigenvalue weighted by atomic mass is 9.88. The Labute approximate surface area is 90.4 Å². The largest absolute Gasteiger partial charge is 0.370 e. The van der Waals surface area contributed by atoms with Crippen LogP contribution in [-0.2, 0) is 4.74 Å². The van der Waals surface area contributed by atoms with Crippen LogP contribution in [0.5, 0.6) is 0 Å². The Balaban J connectivity index is 1.48. The molecule has 1 aliphatic carbocycles. The SMILES string of the molecule is CCCC[SiH2]CCC1CCC2OC2C1. The molecule has 14 heavy (non-hydrogen) atoms. The van der Waals surface area contributed by atoms with Gasteiger partial charge in [-0.15, -0.1) is 0 Å². The van der Waals surface area contributed by atoms with Crippen LogP contribution in [0.3, 0.4) is 0 Å². The Morgan fingerprint density at radius 2 is 2.14 bits per heavy atom. The highest BCUT2D eigenvalue weighted by molar-refractivity contribution is 6.35. The Hall–Kier alpha value is 0.177. The van der Waals surface area contributed by atoms with Gasteiger partial charge in [0.25, 0.3) is 0 Å². The second kappa shape index (κ2) is 5.31. The van der Waals surface area contributed by atoms with Gasteiger partial charge >= 0.3 is 0 Å². The van der Waals surface area contributed by atoms with E-state index in [0.717, 1.165) is 5.92 Å². The predicted molar refractivity (Wildman–Crippen MR) is 63.7 cm³/mol. The molecule has 2 heteroatoms. The first-order valence-electron chi connectivity index (χ1n) is 6.55. The third-order valence-electron chi connectivity index (χ3n) is 3.83. The van der Waals surface area contributed by atoms with Gasteiger partial charge in [-0.25, -0.2) is 0 Å². The van der Waals surface area contributed by atoms with Crippen LogP contribution < -0.4 is 0 Å². The van der Waals surface area contributed by atoms with E-state index in [9.17, 15) is 0 Å². The lowest BCUT2D eigenvalue weighted by Crippen LogP contribution is -2.13. The Kier molecular flexibility index (Phi) is 4.06. The lowest BCUT2D eigenvalue weighted by molar-refractivity contribution is 0.357. The van der Waals surface area contributed by atoms with Crippen LogP contribution in [0.1, 0.15) is 45.4 Å². The van der Waals surface area contributed by atoms with E-state index < -0.39 is 0 Å². The molecule has 0 aromatic carbocycles. The first-order chi connectivity index (χ1) is 6.90. The fourth-order valence-corrected chi connectivity index (χ4v) is 4.86. The molecular formula is C12H24OSi. The zero-order chi connectivity index (χ0) is 9.80. The molecule has 2 aliphatic rings. The summed E-state index contributed by atoms with van der Waals surface area (Å²) in [6, 6.07) is 3.19. The molecule has 0 bridgehead atoms. The topological polar surface area (TPSA) is 12.5 Å². The highest BCUT2D eigenvalue weighted by Crippen LogP contribution is 2.40. The summed E-state index contributed by atoms with van der Waals surface area (Å²) in [7, 11) is 0.311. The molecule has 82 valence electrons. The van der Waals surface area contributed by atoms with Gasteiger partial charge in [-0.1, -0.05) is 38.3 Å². The smallest absolute Gasteiger partial charge is 0.0844 e. The Morgan fingerprint density at radius 3 is 2.93 bits per heavy atom. The molecule has 1 saturated heterocycles. The summed E-state index contributed by atoms with van der Waals surface area (Å²) in [4.78, 5) is 0. The molecular weight excluding hydrogens is 188 g/mol. The van der Waals surface area contributed by atoms with Gasteiger partial charge in [-0.3, -0.25) is 0 Å². The standard InChI is InChI=1S/C12H24OSi/c1-2-3-7-14-8-6-10-4-5-11-12(9-10)13-11/h10-12H,2-9,14H2,1H3. The molecule has 1 aliphatic heterocycles. The number of epoxide rings is 1. The van der Waals surface area contributed by atoms with Crippen molar-refractivity contribution >= 4 is 9.52 Å². The van der Waals surface area contributed by atoms with E-state index in [0.29, 0.717) is 21.7 Å². The van der Waals surface area contributed by atoms with E-state index in [1.54, 1.807) is 12.1 Å². The summed E-state index contributed by atoms with van der Waals surface area (Å²) >= 11 is 0. The van der Waals surface area contributed by atoms with Crippen LogP contribution in [0.15, 0.2) is 0 Å². The fourth-order valence-electron chi connectivity index (χ4n) is 2.79. The van der Waals surface area contributed by atoms with Crippen molar-refractivity contribution in [3.05, 3.63) is 0 Å². The molecule has 1 heterocycles. The fraction of sp³-hybridized carbons (Fsp3) is 1.00. The van der Waals surface area contributed by atoms with Gasteiger partial charge in [0, 0.05) is 9.52 Å². The molecule has 0 aromatic rings. The molecule has 2 fully saturated rings. The highest BCUT2D eigenvalue weighted by atomic mass is 28.2. The van der Waals surface area contributed by atoms with Crippen molar-refractivity contribution in [2.75, 3.05) is 0 Å². The lowest BCUT2D eigenvalue weighted by Gasteiger charge is -2.18. The summed E-state index contributed by atoms with van der Waals surface area (Å²) in [6.07, 6.45) is 10.0. The van der Waals surface area contributed by atoms with Crippen molar-refractivity contribution in [3.63, 3.8) is 0 Å². The van der Waals surface area contributed by atoms with Gasteiger partial charge in [-0.2, -0.15) is 0 Å². The van der Waals surface area contributed by atoms with Crippen molar-refractivity contribution in [1.82, 2.24) is 0 Å². The van der Waals surface area contributed by atoms with E-state index in [1.165, 1.54) is 38.5 Å². The summed E-state index contributed by atoms with van der Waals surface area (Å²) in [5.41, 5.74) is 0. The van der Waals surface area contributed by atoms with E-state index in [-0.39, 0.29) is 0 Å². The Bertz CT molecular complexity index is 172. The maximum atomic E-state index is 5.56. The maximum absolute atomic E-state index is 5.56. The minimum atomic E-state index is 0.311. The van der Waals surface area contributed by atoms with Crippen LogP contribution in [-0.4, -0.2) is 21.7 Å². The van der Waals surface area contributed by atoms with Gasteiger partial charge < -0.3 is 4.74 Å². The van der Waals surface area contributed by atoms with Crippen LogP contribution in [0, 0.1) is 5.92 Å². The number of hydrogen-bond donors (Lipinski definition) is 0. The average Bonchev–Trinajstić information content (AvgIpc) is 2.95. The molecule has 0 N–H and O–H groups in total. The van der Waals surface area contributed by atoms with E-state index in [1.807, 2.05) is 0 Å². The van der Waals surface area contributed by atoms with Gasteiger partial charge in [0.15, 0.2) is 0 Å². The van der Waals surface area contributed by atoms with E-state index >= 15 is 0 Å². The number of unbranched alkanes of at least 4 members (excludes halogenated alkanes) is 1. The zero-order valence-corrected chi connectivity index (χ0v) is 10.9. The molecule has 0 amide bonds. The number of ether oxygens (including phenoxy) is 1. The molecule has 3 unspecified atom stereocenters. The molecule has 2 rings (SSSR count). The molecule has 0 radical (unpaired) electrons. The summed E-state index contributed by atoms with van der Waals surface area (Å²) in [5.74, 6) is 1.04. The van der Waals surface area contributed by atoms with Crippen molar-refractivity contribution in [2.24, 2.45) is 5.92 Å². The average molecular weight is 212 g/mol. The second-order valence-corrected chi connectivity index (χ2v) is 7.22. The third kappa shape index (κ3) is 3.09. The quantitative estimate of drug-likeness (QED) is 0.375. The number of fused-ring (bicyclic) bond motifs is 1. The van der Waals surface area contributed by atoms with E-state index in [4.69, 9.17) is 4.74 Å². The first kappa shape index (κ1) is 10.7. The van der Waals surface area contributed by atoms with Crippen LogP contribution in [0.4, 0.5) is 0 Å². The van der Waals surface area contributed by atoms with Crippen molar-refractivity contribution in [3.8, 4) is 0 Å². The van der Waals surface area contributed by atoms with Gasteiger partial charge in [0.2, 0.25) is 0 Å². The predicted octanol–water partition coefficient (Wildman–Crippen LogP) is 2.75. The minimum Gasteiger partial charge on any atom is -0.370 e. The van der Waals surface area contributed by atoms with Crippen LogP contribution in [0.2, 0.25) is 12.1 Å².